The first kappa shape index (κ1) is 23.2. The normalized spacial score (nSPS) is 11.4. The van der Waals surface area contributed by atoms with Crippen molar-refractivity contribution in [3.63, 3.8) is 0 Å². The van der Waals surface area contributed by atoms with E-state index in [2.05, 4.69) is 30.5 Å². The summed E-state index contributed by atoms with van der Waals surface area (Å²) in [7, 11) is 3.65. The summed E-state index contributed by atoms with van der Waals surface area (Å²) in [4.78, 5) is 14.3. The lowest BCUT2D eigenvalue weighted by Crippen LogP contribution is -2.14. The minimum absolute atomic E-state index is 0.102. The van der Waals surface area contributed by atoms with Gasteiger partial charge in [-0.15, -0.1) is 5.11 Å². The van der Waals surface area contributed by atoms with Gasteiger partial charge in [-0.05, 0) is 84.8 Å². The van der Waals surface area contributed by atoms with E-state index >= 15 is 0 Å². The van der Waals surface area contributed by atoms with E-state index in [1.165, 1.54) is 0 Å². The average Bonchev–Trinajstić information content (AvgIpc) is 2.74. The molecule has 10 heteroatoms. The molecule has 0 saturated carbocycles. The number of anilines is 4. The number of fused-ring (bicyclic) bond motifs is 1. The highest BCUT2D eigenvalue weighted by Crippen LogP contribution is 2.41. The minimum Gasteiger partial charge on any atom is -0.507 e. The largest absolute Gasteiger partial charge is 0.507 e. The fourth-order valence-electron chi connectivity index (χ4n) is 3.58. The van der Waals surface area contributed by atoms with Crippen LogP contribution < -0.4 is 16.0 Å². The van der Waals surface area contributed by atoms with Gasteiger partial charge in [-0.3, -0.25) is 0 Å². The maximum Gasteiger partial charge on any atom is 0.233 e. The van der Waals surface area contributed by atoms with Crippen molar-refractivity contribution in [3.05, 3.63) is 58.4 Å². The fourth-order valence-corrected chi connectivity index (χ4v) is 3.73. The summed E-state index contributed by atoms with van der Waals surface area (Å²) in [6.07, 6.45) is 0. The van der Waals surface area contributed by atoms with Crippen molar-refractivity contribution in [2.24, 2.45) is 10.2 Å². The fraction of sp³-hybridized carbons (Fsp3) is 0.208. The molecule has 0 aliphatic heterocycles. The first-order valence-corrected chi connectivity index (χ1v) is 10.9. The van der Waals surface area contributed by atoms with E-state index in [9.17, 15) is 5.11 Å². The molecule has 34 heavy (non-hydrogen) atoms. The number of rotatable bonds is 5. The lowest BCUT2D eigenvalue weighted by molar-refractivity contribution is 0.481. The number of hydrogen-bond acceptors (Lipinski definition) is 9. The average molecular weight is 477 g/mol. The molecule has 0 aliphatic rings. The molecule has 0 atom stereocenters. The predicted molar refractivity (Wildman–Crippen MR) is 137 cm³/mol. The number of halogens is 1. The molecule has 4 rings (SSSR count). The van der Waals surface area contributed by atoms with Crippen molar-refractivity contribution in [2.45, 2.75) is 20.8 Å². The quantitative estimate of drug-likeness (QED) is 0.234. The van der Waals surface area contributed by atoms with E-state index in [-0.39, 0.29) is 11.0 Å². The molecule has 0 saturated heterocycles. The molecule has 0 bridgehead atoms. The first-order valence-electron chi connectivity index (χ1n) is 10.5. The van der Waals surface area contributed by atoms with Gasteiger partial charge in [0.15, 0.2) is 0 Å². The van der Waals surface area contributed by atoms with Crippen molar-refractivity contribution in [3.8, 4) is 5.75 Å². The molecule has 0 aliphatic carbocycles. The van der Waals surface area contributed by atoms with E-state index in [1.54, 1.807) is 11.0 Å². The Morgan fingerprint density at radius 2 is 1.74 bits per heavy atom. The van der Waals surface area contributed by atoms with Crippen LogP contribution in [0.2, 0.25) is 5.28 Å². The second-order valence-electron chi connectivity index (χ2n) is 8.29. The predicted octanol–water partition coefficient (Wildman–Crippen LogP) is 6.12. The zero-order valence-corrected chi connectivity index (χ0v) is 20.3. The van der Waals surface area contributed by atoms with Gasteiger partial charge in [0.25, 0.3) is 0 Å². The Labute approximate surface area is 202 Å². The smallest absolute Gasteiger partial charge is 0.233 e. The van der Waals surface area contributed by atoms with Crippen molar-refractivity contribution >= 4 is 57.0 Å². The standard InChI is InChI=1S/C24H25ClN8O/c1-12-8-15-10-14(3)20(26)21(19(15)18(34)9-12)32-31-17-7-6-16(11-13(17)2)27-23-28-22(25)29-24(30-23)33(4)5/h6-11,34H,26H2,1-5H3,(H,27,28,29,30). The third kappa shape index (κ3) is 4.69. The third-order valence-electron chi connectivity index (χ3n) is 5.29. The maximum atomic E-state index is 10.6. The molecular weight excluding hydrogens is 452 g/mol. The number of nitrogens with zero attached hydrogens (tertiary/aromatic N) is 6. The number of benzene rings is 3. The van der Waals surface area contributed by atoms with E-state index in [4.69, 9.17) is 17.3 Å². The van der Waals surface area contributed by atoms with Crippen LogP contribution in [0.4, 0.5) is 34.6 Å². The van der Waals surface area contributed by atoms with Crippen LogP contribution in [0.15, 0.2) is 46.6 Å². The lowest BCUT2D eigenvalue weighted by atomic mass is 10.0. The number of aromatic nitrogens is 3. The molecule has 1 heterocycles. The molecule has 4 aromatic rings. The van der Waals surface area contributed by atoms with Gasteiger partial charge in [-0.25, -0.2) is 0 Å². The summed E-state index contributed by atoms with van der Waals surface area (Å²) < 4.78 is 0. The number of azo groups is 1. The highest BCUT2D eigenvalue weighted by atomic mass is 35.5. The van der Waals surface area contributed by atoms with E-state index in [1.807, 2.05) is 65.2 Å². The van der Waals surface area contributed by atoms with Crippen LogP contribution >= 0.6 is 11.6 Å². The molecule has 174 valence electrons. The monoisotopic (exact) mass is 476 g/mol. The molecule has 0 fully saturated rings. The van der Waals surface area contributed by atoms with Crippen LogP contribution in [-0.2, 0) is 0 Å². The second kappa shape index (κ2) is 9.11. The Bertz CT molecular complexity index is 1430. The molecule has 0 amide bonds. The summed E-state index contributed by atoms with van der Waals surface area (Å²) in [5.41, 5.74) is 11.4. The van der Waals surface area contributed by atoms with Crippen molar-refractivity contribution < 1.29 is 5.11 Å². The second-order valence-corrected chi connectivity index (χ2v) is 8.62. The van der Waals surface area contributed by atoms with Gasteiger partial charge in [0.05, 0.1) is 16.8 Å². The van der Waals surface area contributed by atoms with Crippen molar-refractivity contribution in [1.82, 2.24) is 15.0 Å². The Hall–Kier alpha value is -3.98. The summed E-state index contributed by atoms with van der Waals surface area (Å²) in [6.45, 7) is 5.76. The van der Waals surface area contributed by atoms with Crippen molar-refractivity contribution in [1.29, 1.82) is 0 Å². The van der Waals surface area contributed by atoms with E-state index < -0.39 is 0 Å². The Morgan fingerprint density at radius 1 is 0.971 bits per heavy atom. The maximum absolute atomic E-state index is 10.6. The number of nitrogens with one attached hydrogen (secondary N) is 1. The number of nitrogens with two attached hydrogens (primary N) is 1. The number of phenols is 1. The SMILES string of the molecule is Cc1cc(O)c2c(N=Nc3ccc(Nc4nc(Cl)nc(N(C)C)n4)cc3C)c(N)c(C)cc2c1. The van der Waals surface area contributed by atoms with Crippen LogP contribution in [-0.4, -0.2) is 34.2 Å². The first-order chi connectivity index (χ1) is 16.1. The van der Waals surface area contributed by atoms with Crippen LogP contribution in [0.1, 0.15) is 16.7 Å². The highest BCUT2D eigenvalue weighted by Gasteiger charge is 2.13. The van der Waals surface area contributed by atoms with E-state index in [0.717, 1.165) is 27.8 Å². The number of nitrogen functional groups attached to an aromatic ring is 1. The van der Waals surface area contributed by atoms with Gasteiger partial charge in [0, 0.05) is 19.8 Å². The zero-order valence-electron chi connectivity index (χ0n) is 19.5. The Morgan fingerprint density at radius 3 is 2.44 bits per heavy atom. The number of aryl methyl sites for hydroxylation is 3. The summed E-state index contributed by atoms with van der Waals surface area (Å²) in [5.74, 6) is 0.910. The van der Waals surface area contributed by atoms with Gasteiger partial charge in [0.1, 0.15) is 11.4 Å². The summed E-state index contributed by atoms with van der Waals surface area (Å²) in [6, 6.07) is 11.2. The zero-order chi connectivity index (χ0) is 24.6. The Kier molecular flexibility index (Phi) is 6.21. The molecule has 3 aromatic carbocycles. The molecule has 9 nitrogen and oxygen atoms in total. The van der Waals surface area contributed by atoms with Gasteiger partial charge >= 0.3 is 0 Å². The highest BCUT2D eigenvalue weighted by molar-refractivity contribution is 6.28. The summed E-state index contributed by atoms with van der Waals surface area (Å²) >= 11 is 6.02. The third-order valence-corrected chi connectivity index (χ3v) is 5.46. The minimum atomic E-state index is 0.102. The lowest BCUT2D eigenvalue weighted by Gasteiger charge is -2.12. The van der Waals surface area contributed by atoms with Crippen LogP contribution in [0.5, 0.6) is 5.75 Å². The number of phenolic OH excluding ortho intramolecular Hbond substituents is 1. The number of hydrogen-bond donors (Lipinski definition) is 3. The van der Waals surface area contributed by atoms with Gasteiger partial charge < -0.3 is 21.1 Å². The topological polar surface area (TPSA) is 125 Å². The molecular formula is C24H25ClN8O. The molecule has 0 radical (unpaired) electrons. The van der Waals surface area contributed by atoms with Gasteiger partial charge in [-0.2, -0.15) is 20.1 Å². The van der Waals surface area contributed by atoms with Crippen LogP contribution in [0.25, 0.3) is 10.8 Å². The number of aromatic hydroxyl groups is 1. The van der Waals surface area contributed by atoms with E-state index in [0.29, 0.717) is 34.3 Å². The molecule has 1 aromatic heterocycles. The molecule has 4 N–H and O–H groups in total. The summed E-state index contributed by atoms with van der Waals surface area (Å²) in [5, 5.41) is 24.1. The Balaban J connectivity index is 1.66. The van der Waals surface area contributed by atoms with Gasteiger partial charge in [-0.1, -0.05) is 6.07 Å². The van der Waals surface area contributed by atoms with Crippen molar-refractivity contribution in [2.75, 3.05) is 30.0 Å². The van der Waals surface area contributed by atoms with Crippen LogP contribution in [0.3, 0.4) is 0 Å². The van der Waals surface area contributed by atoms with Crippen LogP contribution in [0, 0.1) is 20.8 Å². The molecule has 0 spiro atoms. The molecule has 0 unspecified atom stereocenters. The van der Waals surface area contributed by atoms with Gasteiger partial charge in [0.2, 0.25) is 17.2 Å².